The van der Waals surface area contributed by atoms with Crippen LogP contribution in [0.25, 0.3) is 6.08 Å². The van der Waals surface area contributed by atoms with Gasteiger partial charge >= 0.3 is 0 Å². The maximum absolute atomic E-state index is 13.3. The number of carbonyl (C=O) groups is 2. The van der Waals surface area contributed by atoms with Gasteiger partial charge in [0.15, 0.2) is 0 Å². The maximum atomic E-state index is 13.3. The molecule has 0 bridgehead atoms. The lowest BCUT2D eigenvalue weighted by Gasteiger charge is -2.28. The zero-order valence-electron chi connectivity index (χ0n) is 19.8. The molecule has 1 fully saturated rings. The first-order valence-electron chi connectivity index (χ1n) is 12.0. The van der Waals surface area contributed by atoms with Crippen molar-refractivity contribution in [2.45, 2.75) is 44.2 Å². The summed E-state index contributed by atoms with van der Waals surface area (Å²) in [7, 11) is 0. The van der Waals surface area contributed by atoms with Crippen molar-refractivity contribution in [3.8, 4) is 0 Å². The Morgan fingerprint density at radius 3 is 2.65 bits per heavy atom. The second kappa shape index (κ2) is 13.3. The van der Waals surface area contributed by atoms with Crippen LogP contribution in [-0.4, -0.2) is 55.0 Å². The van der Waals surface area contributed by atoms with Gasteiger partial charge < -0.3 is 21.3 Å². The summed E-state index contributed by atoms with van der Waals surface area (Å²) in [4.78, 5) is 27.6. The van der Waals surface area contributed by atoms with Crippen LogP contribution in [-0.2, 0) is 9.59 Å². The molecule has 7 heteroatoms. The van der Waals surface area contributed by atoms with Crippen LogP contribution < -0.4 is 16.4 Å². The lowest BCUT2D eigenvalue weighted by atomic mass is 9.95. The molecule has 2 amide bonds. The minimum absolute atomic E-state index is 0.00446. The summed E-state index contributed by atoms with van der Waals surface area (Å²) in [6, 6.07) is 17.3. The van der Waals surface area contributed by atoms with Gasteiger partial charge in [-0.25, -0.2) is 0 Å². The second-order valence-electron chi connectivity index (χ2n) is 8.71. The molecule has 0 radical (unpaired) electrons. The molecule has 34 heavy (non-hydrogen) atoms. The van der Waals surface area contributed by atoms with Gasteiger partial charge in [0.05, 0.1) is 6.04 Å². The van der Waals surface area contributed by atoms with E-state index in [9.17, 15) is 9.59 Å². The van der Waals surface area contributed by atoms with Gasteiger partial charge in [0, 0.05) is 42.7 Å². The Hall–Kier alpha value is -2.67. The average Bonchev–Trinajstić information content (AvgIpc) is 3.00. The fourth-order valence-corrected chi connectivity index (χ4v) is 4.41. The van der Waals surface area contributed by atoms with Crippen LogP contribution in [0.15, 0.2) is 60.7 Å². The molecule has 1 saturated heterocycles. The second-order valence-corrected chi connectivity index (χ2v) is 9.15. The number of hydrogen-bond donors (Lipinski definition) is 3. The molecule has 1 unspecified atom stereocenters. The van der Waals surface area contributed by atoms with Gasteiger partial charge in [-0.15, -0.1) is 0 Å². The van der Waals surface area contributed by atoms with Gasteiger partial charge in [0.25, 0.3) is 0 Å². The number of carbonyl (C=O) groups excluding carboxylic acids is 2. The number of nitrogens with one attached hydrogen (secondary N) is 2. The fraction of sp³-hybridized carbons (Fsp3) is 0.407. The van der Waals surface area contributed by atoms with E-state index < -0.39 is 0 Å². The molecule has 3 rings (SSSR count). The van der Waals surface area contributed by atoms with E-state index >= 15 is 0 Å². The van der Waals surface area contributed by atoms with Crippen molar-refractivity contribution in [3.63, 3.8) is 0 Å². The minimum Gasteiger partial charge on any atom is -0.351 e. The van der Waals surface area contributed by atoms with E-state index in [1.54, 1.807) is 18.2 Å². The highest BCUT2D eigenvalue weighted by Crippen LogP contribution is 2.22. The van der Waals surface area contributed by atoms with E-state index in [0.717, 1.165) is 18.4 Å². The molecule has 0 aromatic heterocycles. The van der Waals surface area contributed by atoms with Gasteiger partial charge in [-0.2, -0.15) is 0 Å². The topological polar surface area (TPSA) is 87.5 Å². The van der Waals surface area contributed by atoms with E-state index in [4.69, 9.17) is 17.3 Å². The quantitative estimate of drug-likeness (QED) is 0.452. The predicted octanol–water partition coefficient (Wildman–Crippen LogP) is 3.57. The maximum Gasteiger partial charge on any atom is 0.244 e. The monoisotopic (exact) mass is 482 g/mol. The Labute approximate surface area is 207 Å². The molecule has 6 nitrogen and oxygen atoms in total. The van der Waals surface area contributed by atoms with Crippen molar-refractivity contribution < 1.29 is 9.59 Å². The van der Waals surface area contributed by atoms with Crippen LogP contribution >= 0.6 is 11.6 Å². The number of rotatable bonds is 10. The van der Waals surface area contributed by atoms with Crippen LogP contribution in [0.5, 0.6) is 0 Å². The molecule has 1 heterocycles. The smallest absolute Gasteiger partial charge is 0.244 e. The third kappa shape index (κ3) is 7.69. The summed E-state index contributed by atoms with van der Waals surface area (Å²) in [5.74, 6) is 0.212. The predicted molar refractivity (Wildman–Crippen MR) is 139 cm³/mol. The van der Waals surface area contributed by atoms with Crippen molar-refractivity contribution in [3.05, 3.63) is 76.8 Å². The molecule has 2 aromatic carbocycles. The number of nitrogens with two attached hydrogens (primary N) is 1. The van der Waals surface area contributed by atoms with Crippen LogP contribution in [0, 0.1) is 0 Å². The number of benzene rings is 2. The standard InChI is InChI=1S/C27H35ClN4O2/c1-2-21(22-6-4-3-5-7-22)19-32-17-15-24(31-25(14-16-29)27(32)34)18-30-26(33)13-10-20-8-11-23(28)12-9-20/h3-13,21,24-25,31H,2,14-19,29H2,1H3,(H,30,33)/t21?,24-,25-/m0/s1. The molecule has 4 N–H and O–H groups in total. The highest BCUT2D eigenvalue weighted by molar-refractivity contribution is 6.30. The lowest BCUT2D eigenvalue weighted by Crippen LogP contribution is -2.49. The highest BCUT2D eigenvalue weighted by Gasteiger charge is 2.31. The van der Waals surface area contributed by atoms with Gasteiger partial charge in [-0.3, -0.25) is 9.59 Å². The molecule has 2 aromatic rings. The Balaban J connectivity index is 1.59. The van der Waals surface area contributed by atoms with Gasteiger partial charge in [-0.1, -0.05) is 61.0 Å². The van der Waals surface area contributed by atoms with Crippen LogP contribution in [0.4, 0.5) is 0 Å². The van der Waals surface area contributed by atoms with E-state index in [-0.39, 0.29) is 29.8 Å². The molecule has 1 aliphatic heterocycles. The summed E-state index contributed by atoms with van der Waals surface area (Å²) in [5.41, 5.74) is 7.97. The molecular formula is C27H35ClN4O2. The first-order valence-corrected chi connectivity index (χ1v) is 12.4. The number of hydrogen-bond acceptors (Lipinski definition) is 4. The first kappa shape index (κ1) is 25.9. The molecular weight excluding hydrogens is 448 g/mol. The van der Waals surface area contributed by atoms with Crippen LogP contribution in [0.1, 0.15) is 43.2 Å². The SMILES string of the molecule is CCC(CN1CC[C@@H](CNC(=O)C=Cc2ccc(Cl)cc2)N[C@@H](CCN)C1=O)c1ccccc1. The number of halogens is 1. The molecule has 0 aliphatic carbocycles. The average molecular weight is 483 g/mol. The molecule has 0 spiro atoms. The summed E-state index contributed by atoms with van der Waals surface area (Å²) < 4.78 is 0. The number of amides is 2. The molecule has 1 aliphatic rings. The van der Waals surface area contributed by atoms with Crippen molar-refractivity contribution in [2.75, 3.05) is 26.2 Å². The molecule has 0 saturated carbocycles. The Morgan fingerprint density at radius 2 is 1.97 bits per heavy atom. The normalized spacial score (nSPS) is 19.7. The summed E-state index contributed by atoms with van der Waals surface area (Å²) in [6.45, 7) is 4.37. The Morgan fingerprint density at radius 1 is 1.24 bits per heavy atom. The largest absolute Gasteiger partial charge is 0.351 e. The van der Waals surface area contributed by atoms with E-state index in [0.29, 0.717) is 37.6 Å². The van der Waals surface area contributed by atoms with Crippen molar-refractivity contribution in [1.29, 1.82) is 0 Å². The van der Waals surface area contributed by atoms with Crippen molar-refractivity contribution >= 4 is 29.5 Å². The zero-order chi connectivity index (χ0) is 24.3. The van der Waals surface area contributed by atoms with Gasteiger partial charge in [0.2, 0.25) is 11.8 Å². The van der Waals surface area contributed by atoms with Crippen molar-refractivity contribution in [1.82, 2.24) is 15.5 Å². The molecule has 3 atom stereocenters. The Kier molecular flexibility index (Phi) is 10.1. The number of nitrogens with zero attached hydrogens (tertiary/aromatic N) is 1. The van der Waals surface area contributed by atoms with Crippen LogP contribution in [0.2, 0.25) is 5.02 Å². The summed E-state index contributed by atoms with van der Waals surface area (Å²) in [5, 5.41) is 7.05. The van der Waals surface area contributed by atoms with E-state index in [1.807, 2.05) is 35.2 Å². The third-order valence-electron chi connectivity index (χ3n) is 6.27. The van der Waals surface area contributed by atoms with E-state index in [2.05, 4.69) is 29.7 Å². The minimum atomic E-state index is -0.340. The Bertz CT molecular complexity index is 949. The third-order valence-corrected chi connectivity index (χ3v) is 6.53. The van der Waals surface area contributed by atoms with Gasteiger partial charge in [0.1, 0.15) is 0 Å². The summed E-state index contributed by atoms with van der Waals surface area (Å²) >= 11 is 5.90. The highest BCUT2D eigenvalue weighted by atomic mass is 35.5. The van der Waals surface area contributed by atoms with Crippen LogP contribution in [0.3, 0.4) is 0 Å². The zero-order valence-corrected chi connectivity index (χ0v) is 20.5. The fourth-order valence-electron chi connectivity index (χ4n) is 4.29. The summed E-state index contributed by atoms with van der Waals surface area (Å²) in [6.07, 6.45) is 5.56. The van der Waals surface area contributed by atoms with Gasteiger partial charge in [-0.05, 0) is 55.1 Å². The van der Waals surface area contributed by atoms with Crippen molar-refractivity contribution in [2.24, 2.45) is 5.73 Å². The lowest BCUT2D eigenvalue weighted by molar-refractivity contribution is -0.133. The first-order chi connectivity index (χ1) is 16.5. The molecule has 182 valence electrons. The van der Waals surface area contributed by atoms with E-state index in [1.165, 1.54) is 11.6 Å².